The van der Waals surface area contributed by atoms with Crippen LogP contribution in [-0.4, -0.2) is 44.0 Å². The molecule has 1 aromatic heterocycles. The Balaban J connectivity index is 1.95. The highest BCUT2D eigenvalue weighted by Gasteiger charge is 2.06. The first-order chi connectivity index (χ1) is 12.1. The van der Waals surface area contributed by atoms with Crippen LogP contribution in [0.2, 0.25) is 0 Å². The Kier molecular flexibility index (Phi) is 7.47. The van der Waals surface area contributed by atoms with Crippen molar-refractivity contribution in [3.63, 3.8) is 0 Å². The molecule has 134 valence electrons. The molecule has 25 heavy (non-hydrogen) atoms. The van der Waals surface area contributed by atoms with Crippen molar-refractivity contribution in [2.45, 2.75) is 19.9 Å². The number of benzene rings is 1. The van der Waals surface area contributed by atoms with E-state index in [4.69, 9.17) is 0 Å². The van der Waals surface area contributed by atoms with Gasteiger partial charge in [0.2, 0.25) is 5.91 Å². The Morgan fingerprint density at radius 3 is 2.64 bits per heavy atom. The summed E-state index contributed by atoms with van der Waals surface area (Å²) in [5.74, 6) is 0.679. The molecule has 2 rings (SSSR count). The van der Waals surface area contributed by atoms with Gasteiger partial charge < -0.3 is 15.5 Å². The summed E-state index contributed by atoms with van der Waals surface area (Å²) in [5.41, 5.74) is 2.40. The van der Waals surface area contributed by atoms with Crippen molar-refractivity contribution in [3.8, 4) is 0 Å². The van der Waals surface area contributed by atoms with Gasteiger partial charge >= 0.3 is 0 Å². The number of thiophene rings is 1. The monoisotopic (exact) mass is 358 g/mol. The summed E-state index contributed by atoms with van der Waals surface area (Å²) in [6, 6.07) is 12.4. The maximum atomic E-state index is 11.8. The van der Waals surface area contributed by atoms with Crippen LogP contribution in [0.25, 0.3) is 0 Å². The molecule has 0 saturated carbocycles. The molecule has 0 fully saturated rings. The number of carbonyl (C=O) groups is 1. The van der Waals surface area contributed by atoms with Gasteiger partial charge in [0.05, 0.1) is 13.1 Å². The predicted octanol–water partition coefficient (Wildman–Crippen LogP) is 2.42. The molecule has 5 nitrogen and oxygen atoms in total. The lowest BCUT2D eigenvalue weighted by molar-refractivity contribution is -0.127. The number of aryl methyl sites for hydroxylation is 1. The van der Waals surface area contributed by atoms with Crippen molar-refractivity contribution in [1.29, 1.82) is 0 Å². The Bertz CT molecular complexity index is 695. The van der Waals surface area contributed by atoms with Crippen LogP contribution < -0.4 is 10.6 Å². The van der Waals surface area contributed by atoms with E-state index in [2.05, 4.69) is 52.2 Å². The summed E-state index contributed by atoms with van der Waals surface area (Å²) in [6.45, 7) is 3.66. The second kappa shape index (κ2) is 9.84. The standard InChI is InChI=1S/C19H26N4OS/c1-15-7-4-5-8-16(15)13-21-19(22-14-18(24)23(2)3)20-11-10-17-9-6-12-25-17/h4-9,12H,10-11,13-14H2,1-3H3,(H2,20,21,22). The van der Waals surface area contributed by atoms with Crippen molar-refractivity contribution in [3.05, 3.63) is 57.8 Å². The zero-order valence-electron chi connectivity index (χ0n) is 15.1. The van der Waals surface area contributed by atoms with E-state index >= 15 is 0 Å². The molecule has 1 heterocycles. The SMILES string of the molecule is Cc1ccccc1CN=C(NCCc1cccs1)NCC(=O)N(C)C. The summed E-state index contributed by atoms with van der Waals surface area (Å²) in [7, 11) is 3.50. The number of aliphatic imine (C=N–C) groups is 1. The van der Waals surface area contributed by atoms with Crippen molar-refractivity contribution in [2.24, 2.45) is 4.99 Å². The second-order valence-corrected chi connectivity index (χ2v) is 7.02. The number of likely N-dealkylation sites (N-methyl/N-ethyl adjacent to an activating group) is 1. The molecule has 2 aromatic rings. The van der Waals surface area contributed by atoms with Gasteiger partial charge in [0, 0.05) is 25.5 Å². The lowest BCUT2D eigenvalue weighted by Crippen LogP contribution is -2.43. The zero-order chi connectivity index (χ0) is 18.1. The van der Waals surface area contributed by atoms with Crippen molar-refractivity contribution >= 4 is 23.2 Å². The molecule has 0 atom stereocenters. The van der Waals surface area contributed by atoms with Crippen molar-refractivity contribution < 1.29 is 4.79 Å². The van der Waals surface area contributed by atoms with Crippen LogP contribution in [0.3, 0.4) is 0 Å². The first-order valence-electron chi connectivity index (χ1n) is 8.35. The topological polar surface area (TPSA) is 56.7 Å². The fraction of sp³-hybridized carbons (Fsp3) is 0.368. The minimum Gasteiger partial charge on any atom is -0.356 e. The molecule has 0 aliphatic carbocycles. The third-order valence-electron chi connectivity index (χ3n) is 3.82. The third kappa shape index (κ3) is 6.58. The Hall–Kier alpha value is -2.34. The number of rotatable bonds is 7. The maximum Gasteiger partial charge on any atom is 0.241 e. The highest BCUT2D eigenvalue weighted by atomic mass is 32.1. The molecule has 0 aliphatic rings. The minimum absolute atomic E-state index is 0.0173. The van der Waals surface area contributed by atoms with Gasteiger partial charge in [-0.05, 0) is 35.9 Å². The van der Waals surface area contributed by atoms with E-state index in [0.29, 0.717) is 12.5 Å². The summed E-state index contributed by atoms with van der Waals surface area (Å²) < 4.78 is 0. The fourth-order valence-electron chi connectivity index (χ4n) is 2.20. The highest BCUT2D eigenvalue weighted by molar-refractivity contribution is 7.09. The average molecular weight is 359 g/mol. The maximum absolute atomic E-state index is 11.8. The Morgan fingerprint density at radius 2 is 1.96 bits per heavy atom. The van der Waals surface area contributed by atoms with E-state index in [9.17, 15) is 4.79 Å². The second-order valence-electron chi connectivity index (χ2n) is 5.99. The third-order valence-corrected chi connectivity index (χ3v) is 4.75. The first-order valence-corrected chi connectivity index (χ1v) is 9.23. The van der Waals surface area contributed by atoms with Crippen molar-refractivity contribution in [2.75, 3.05) is 27.2 Å². The van der Waals surface area contributed by atoms with E-state index in [-0.39, 0.29) is 12.5 Å². The molecule has 0 bridgehead atoms. The molecule has 0 spiro atoms. The molecule has 1 amide bonds. The lowest BCUT2D eigenvalue weighted by atomic mass is 10.1. The largest absolute Gasteiger partial charge is 0.356 e. The van der Waals surface area contributed by atoms with Gasteiger partial charge in [-0.1, -0.05) is 30.3 Å². The van der Waals surface area contributed by atoms with Crippen LogP contribution in [0.4, 0.5) is 0 Å². The van der Waals surface area contributed by atoms with E-state index in [1.165, 1.54) is 16.0 Å². The molecule has 0 unspecified atom stereocenters. The lowest BCUT2D eigenvalue weighted by Gasteiger charge is -2.15. The molecule has 6 heteroatoms. The number of carbonyl (C=O) groups excluding carboxylic acids is 1. The van der Waals surface area contributed by atoms with Gasteiger partial charge in [-0.15, -0.1) is 11.3 Å². The molecule has 2 N–H and O–H groups in total. The molecule has 0 saturated heterocycles. The van der Waals surface area contributed by atoms with Crippen LogP contribution in [0.5, 0.6) is 0 Å². The number of amides is 1. The van der Waals surface area contributed by atoms with Crippen LogP contribution in [-0.2, 0) is 17.8 Å². The Morgan fingerprint density at radius 1 is 1.16 bits per heavy atom. The number of nitrogens with zero attached hydrogens (tertiary/aromatic N) is 2. The van der Waals surface area contributed by atoms with Crippen LogP contribution >= 0.6 is 11.3 Å². The van der Waals surface area contributed by atoms with Crippen LogP contribution in [0.1, 0.15) is 16.0 Å². The quantitative estimate of drug-likeness (QED) is 0.590. The van der Waals surface area contributed by atoms with Crippen molar-refractivity contribution in [1.82, 2.24) is 15.5 Å². The Labute approximate surface area is 153 Å². The van der Waals surface area contributed by atoms with Gasteiger partial charge in [0.1, 0.15) is 0 Å². The smallest absolute Gasteiger partial charge is 0.241 e. The highest BCUT2D eigenvalue weighted by Crippen LogP contribution is 2.09. The summed E-state index contributed by atoms with van der Waals surface area (Å²) in [6.07, 6.45) is 0.935. The number of hydrogen-bond acceptors (Lipinski definition) is 3. The van der Waals surface area contributed by atoms with Gasteiger partial charge in [-0.25, -0.2) is 4.99 Å². The van der Waals surface area contributed by atoms with Gasteiger partial charge in [-0.3, -0.25) is 4.79 Å². The fourth-order valence-corrected chi connectivity index (χ4v) is 2.91. The molecular formula is C19H26N4OS. The van der Waals surface area contributed by atoms with Gasteiger partial charge in [0.15, 0.2) is 5.96 Å². The van der Waals surface area contributed by atoms with Crippen LogP contribution in [0.15, 0.2) is 46.8 Å². The number of nitrogens with one attached hydrogen (secondary N) is 2. The van der Waals surface area contributed by atoms with Gasteiger partial charge in [0.25, 0.3) is 0 Å². The van der Waals surface area contributed by atoms with E-state index in [1.807, 2.05) is 12.1 Å². The molecular weight excluding hydrogens is 332 g/mol. The van der Waals surface area contributed by atoms with Crippen LogP contribution in [0, 0.1) is 6.92 Å². The number of hydrogen-bond donors (Lipinski definition) is 2. The molecule has 0 radical (unpaired) electrons. The normalized spacial score (nSPS) is 11.2. The zero-order valence-corrected chi connectivity index (χ0v) is 15.9. The summed E-state index contributed by atoms with van der Waals surface area (Å²) in [5, 5.41) is 8.52. The predicted molar refractivity (Wildman–Crippen MR) is 105 cm³/mol. The van der Waals surface area contributed by atoms with E-state index in [0.717, 1.165) is 13.0 Å². The van der Waals surface area contributed by atoms with E-state index in [1.54, 1.807) is 30.3 Å². The summed E-state index contributed by atoms with van der Waals surface area (Å²) in [4.78, 5) is 19.3. The first kappa shape index (κ1) is 19.0. The van der Waals surface area contributed by atoms with E-state index < -0.39 is 0 Å². The summed E-state index contributed by atoms with van der Waals surface area (Å²) >= 11 is 1.75. The number of guanidine groups is 1. The average Bonchev–Trinajstić information content (AvgIpc) is 3.11. The molecule has 1 aromatic carbocycles. The molecule has 0 aliphatic heterocycles. The van der Waals surface area contributed by atoms with Gasteiger partial charge in [-0.2, -0.15) is 0 Å². The minimum atomic E-state index is 0.0173.